The third-order valence-corrected chi connectivity index (χ3v) is 4.40. The van der Waals surface area contributed by atoms with Gasteiger partial charge in [-0.3, -0.25) is 4.79 Å². The van der Waals surface area contributed by atoms with Crippen molar-refractivity contribution in [3.05, 3.63) is 67.9 Å². The molecule has 0 saturated heterocycles. The average Bonchev–Trinajstić information content (AvgIpc) is 2.49. The Labute approximate surface area is 138 Å². The van der Waals surface area contributed by atoms with E-state index in [1.54, 1.807) is 0 Å². The first-order chi connectivity index (χ1) is 10.3. The van der Waals surface area contributed by atoms with E-state index in [9.17, 15) is 18.0 Å². The van der Waals surface area contributed by atoms with Crippen LogP contribution in [0.4, 0.5) is 13.2 Å². The molecule has 1 amide bonds. The van der Waals surface area contributed by atoms with Gasteiger partial charge in [0.2, 0.25) is 0 Å². The Bertz CT molecular complexity index is 752. The highest BCUT2D eigenvalue weighted by molar-refractivity contribution is 9.10. The molecule has 116 valence electrons. The lowest BCUT2D eigenvalue weighted by molar-refractivity contribution is 0.0946. The molecule has 0 radical (unpaired) electrons. The number of rotatable bonds is 3. The second kappa shape index (κ2) is 6.71. The van der Waals surface area contributed by atoms with E-state index in [4.69, 9.17) is 11.6 Å². The van der Waals surface area contributed by atoms with Crippen LogP contribution < -0.4 is 5.32 Å². The number of benzene rings is 2. The Hall–Kier alpha value is -1.53. The molecule has 0 aliphatic carbocycles. The van der Waals surface area contributed by atoms with Crippen molar-refractivity contribution in [2.75, 3.05) is 0 Å². The standard InChI is InChI=1S/C15H10BrClF3NO/c1-7-13(17)10(16)5-9(14(7)20)15(22)21-6-8-2-3-11(18)12(19)4-8/h2-5H,6H2,1H3,(H,21,22). The van der Waals surface area contributed by atoms with Crippen LogP contribution in [0.2, 0.25) is 5.02 Å². The van der Waals surface area contributed by atoms with Crippen molar-refractivity contribution in [2.24, 2.45) is 0 Å². The van der Waals surface area contributed by atoms with Gasteiger partial charge in [0.05, 0.1) is 10.6 Å². The van der Waals surface area contributed by atoms with E-state index in [0.29, 0.717) is 10.0 Å². The predicted octanol–water partition coefficient (Wildman–Crippen LogP) is 4.76. The van der Waals surface area contributed by atoms with Crippen LogP contribution in [0.1, 0.15) is 21.5 Å². The Morgan fingerprint density at radius 3 is 2.55 bits per heavy atom. The second-order valence-electron chi connectivity index (χ2n) is 4.59. The summed E-state index contributed by atoms with van der Waals surface area (Å²) in [5, 5.41) is 2.63. The fourth-order valence-electron chi connectivity index (χ4n) is 1.82. The highest BCUT2D eigenvalue weighted by atomic mass is 79.9. The third kappa shape index (κ3) is 3.44. The van der Waals surface area contributed by atoms with Gasteiger partial charge in [-0.05, 0) is 46.6 Å². The lowest BCUT2D eigenvalue weighted by atomic mass is 10.1. The number of carbonyl (C=O) groups is 1. The van der Waals surface area contributed by atoms with E-state index >= 15 is 0 Å². The average molecular weight is 393 g/mol. The van der Waals surface area contributed by atoms with E-state index in [-0.39, 0.29) is 22.7 Å². The molecule has 0 unspecified atom stereocenters. The number of halogens is 5. The van der Waals surface area contributed by atoms with Gasteiger partial charge < -0.3 is 5.32 Å². The van der Waals surface area contributed by atoms with Crippen LogP contribution in [0.3, 0.4) is 0 Å². The molecule has 0 spiro atoms. The first-order valence-electron chi connectivity index (χ1n) is 6.17. The summed E-state index contributed by atoms with van der Waals surface area (Å²) in [6.07, 6.45) is 0. The Morgan fingerprint density at radius 1 is 1.23 bits per heavy atom. The number of carbonyl (C=O) groups excluding carboxylic acids is 1. The zero-order chi connectivity index (χ0) is 16.4. The van der Waals surface area contributed by atoms with Gasteiger partial charge in [-0.25, -0.2) is 13.2 Å². The lowest BCUT2D eigenvalue weighted by Gasteiger charge is -2.10. The summed E-state index contributed by atoms with van der Waals surface area (Å²) in [5.74, 6) is -3.39. The van der Waals surface area contributed by atoms with Crippen LogP contribution in [0.5, 0.6) is 0 Å². The minimum Gasteiger partial charge on any atom is -0.348 e. The van der Waals surface area contributed by atoms with Crippen molar-refractivity contribution in [1.29, 1.82) is 0 Å². The summed E-state index contributed by atoms with van der Waals surface area (Å²) in [7, 11) is 0. The first kappa shape index (κ1) is 16.8. The molecule has 0 aliphatic rings. The maximum Gasteiger partial charge on any atom is 0.254 e. The summed E-state index contributed by atoms with van der Waals surface area (Å²) in [6.45, 7) is 1.39. The molecule has 0 heterocycles. The molecular weight excluding hydrogens is 383 g/mol. The topological polar surface area (TPSA) is 29.1 Å². The van der Waals surface area contributed by atoms with Crippen LogP contribution >= 0.6 is 27.5 Å². The number of nitrogens with one attached hydrogen (secondary N) is 1. The SMILES string of the molecule is Cc1c(F)c(C(=O)NCc2ccc(F)c(F)c2)cc(Br)c1Cl. The summed E-state index contributed by atoms with van der Waals surface area (Å²) in [6, 6.07) is 4.53. The number of hydrogen-bond donors (Lipinski definition) is 1. The first-order valence-corrected chi connectivity index (χ1v) is 7.34. The van der Waals surface area contributed by atoms with E-state index in [1.165, 1.54) is 19.1 Å². The van der Waals surface area contributed by atoms with Gasteiger partial charge >= 0.3 is 0 Å². The van der Waals surface area contributed by atoms with Crippen molar-refractivity contribution < 1.29 is 18.0 Å². The monoisotopic (exact) mass is 391 g/mol. The van der Waals surface area contributed by atoms with Crippen molar-refractivity contribution in [2.45, 2.75) is 13.5 Å². The second-order valence-corrected chi connectivity index (χ2v) is 5.82. The molecule has 0 fully saturated rings. The van der Waals surface area contributed by atoms with Crippen LogP contribution in [-0.2, 0) is 6.54 Å². The highest BCUT2D eigenvalue weighted by Crippen LogP contribution is 2.30. The predicted molar refractivity (Wildman–Crippen MR) is 81.4 cm³/mol. The van der Waals surface area contributed by atoms with Crippen molar-refractivity contribution in [3.63, 3.8) is 0 Å². The summed E-state index contributed by atoms with van der Waals surface area (Å²) in [5.41, 5.74) is 0.322. The third-order valence-electron chi connectivity index (χ3n) is 3.06. The van der Waals surface area contributed by atoms with Gasteiger partial charge in [-0.1, -0.05) is 17.7 Å². The van der Waals surface area contributed by atoms with E-state index in [1.807, 2.05) is 0 Å². The van der Waals surface area contributed by atoms with Gasteiger partial charge in [0.15, 0.2) is 11.6 Å². The molecule has 2 aromatic rings. The molecule has 1 N–H and O–H groups in total. The molecule has 2 nitrogen and oxygen atoms in total. The molecule has 0 atom stereocenters. The summed E-state index contributed by atoms with van der Waals surface area (Å²) in [4.78, 5) is 12.0. The normalized spacial score (nSPS) is 10.6. The minimum absolute atomic E-state index is 0.0607. The molecule has 22 heavy (non-hydrogen) atoms. The molecule has 7 heteroatoms. The fourth-order valence-corrected chi connectivity index (χ4v) is 2.49. The summed E-state index contributed by atoms with van der Waals surface area (Å²) >= 11 is 9.01. The Balaban J connectivity index is 2.18. The lowest BCUT2D eigenvalue weighted by Crippen LogP contribution is -2.24. The van der Waals surface area contributed by atoms with Gasteiger partial charge in [0.1, 0.15) is 5.82 Å². The van der Waals surface area contributed by atoms with E-state index in [0.717, 1.165) is 12.1 Å². The molecule has 2 rings (SSSR count). The van der Waals surface area contributed by atoms with Gasteiger partial charge in [0.25, 0.3) is 5.91 Å². The minimum atomic E-state index is -1.01. The van der Waals surface area contributed by atoms with Crippen molar-refractivity contribution in [3.8, 4) is 0 Å². The Morgan fingerprint density at radius 2 is 1.91 bits per heavy atom. The van der Waals surface area contributed by atoms with Crippen molar-refractivity contribution in [1.82, 2.24) is 5.32 Å². The van der Waals surface area contributed by atoms with Crippen LogP contribution in [0.25, 0.3) is 0 Å². The smallest absolute Gasteiger partial charge is 0.254 e. The maximum absolute atomic E-state index is 14.1. The molecule has 0 bridgehead atoms. The molecule has 0 saturated carbocycles. The molecular formula is C15H10BrClF3NO. The van der Waals surface area contributed by atoms with Crippen molar-refractivity contribution >= 4 is 33.4 Å². The quantitative estimate of drug-likeness (QED) is 0.750. The van der Waals surface area contributed by atoms with Gasteiger partial charge in [0, 0.05) is 16.6 Å². The highest BCUT2D eigenvalue weighted by Gasteiger charge is 2.18. The zero-order valence-electron chi connectivity index (χ0n) is 11.3. The van der Waals surface area contributed by atoms with Gasteiger partial charge in [-0.15, -0.1) is 0 Å². The molecule has 0 aliphatic heterocycles. The number of amides is 1. The number of hydrogen-bond acceptors (Lipinski definition) is 1. The summed E-state index contributed by atoms with van der Waals surface area (Å²) < 4.78 is 40.3. The van der Waals surface area contributed by atoms with Crippen LogP contribution in [0.15, 0.2) is 28.7 Å². The van der Waals surface area contributed by atoms with E-state index in [2.05, 4.69) is 21.2 Å². The molecule has 0 aromatic heterocycles. The van der Waals surface area contributed by atoms with Crippen LogP contribution in [-0.4, -0.2) is 5.91 Å². The Kier molecular flexibility index (Phi) is 5.13. The largest absolute Gasteiger partial charge is 0.348 e. The zero-order valence-corrected chi connectivity index (χ0v) is 13.7. The molecule has 2 aromatic carbocycles. The van der Waals surface area contributed by atoms with Crippen LogP contribution in [0, 0.1) is 24.4 Å². The maximum atomic E-state index is 14.1. The fraction of sp³-hybridized carbons (Fsp3) is 0.133. The van der Waals surface area contributed by atoms with Gasteiger partial charge in [-0.2, -0.15) is 0 Å². The van der Waals surface area contributed by atoms with E-state index < -0.39 is 23.4 Å².